The van der Waals surface area contributed by atoms with Crippen molar-refractivity contribution in [2.45, 2.75) is 71.0 Å². The molecule has 0 bridgehead atoms. The molecule has 3 aromatic rings. The van der Waals surface area contributed by atoms with E-state index in [0.717, 1.165) is 9.87 Å². The Morgan fingerprint density at radius 2 is 1.59 bits per heavy atom. The van der Waals surface area contributed by atoms with E-state index in [4.69, 9.17) is 11.6 Å². The molecule has 220 valence electrons. The number of anilines is 1. The highest BCUT2D eigenvalue weighted by Crippen LogP contribution is 2.29. The van der Waals surface area contributed by atoms with Crippen molar-refractivity contribution >= 4 is 39.1 Å². The van der Waals surface area contributed by atoms with E-state index in [1.54, 1.807) is 56.3 Å². The van der Waals surface area contributed by atoms with E-state index in [-0.39, 0.29) is 23.4 Å². The Morgan fingerprint density at radius 1 is 0.951 bits per heavy atom. The van der Waals surface area contributed by atoms with Gasteiger partial charge in [0.2, 0.25) is 11.8 Å². The van der Waals surface area contributed by atoms with Crippen LogP contribution in [-0.4, -0.2) is 43.8 Å². The van der Waals surface area contributed by atoms with Crippen molar-refractivity contribution in [3.8, 4) is 0 Å². The fraction of sp³-hybridized carbons (Fsp3) is 0.355. The maximum atomic E-state index is 14.1. The first kappa shape index (κ1) is 32.1. The molecule has 0 heterocycles. The minimum Gasteiger partial charge on any atom is -0.352 e. The normalized spacial score (nSPS) is 12.9. The Bertz CT molecular complexity index is 1460. The number of aryl methyl sites for hydroxylation is 2. The number of sulfonamides is 1. The second kappa shape index (κ2) is 14.0. The van der Waals surface area contributed by atoms with Crippen molar-refractivity contribution in [1.29, 1.82) is 0 Å². The summed E-state index contributed by atoms with van der Waals surface area (Å²) >= 11 is 6.16. The standard InChI is InChI=1S/C31H37ClFN3O4S/c1-6-23(5)34-31(38)28(7-2)35(19-24-10-13-26(33)14-11-24)30(37)20-36(29-17-12-25(32)18-22(29)4)41(39,40)27-15-8-21(3)9-16-27/h8-18,23,28H,6-7,19-20H2,1-5H3,(H,34,38)/t23-,28+/m1/s1. The lowest BCUT2D eigenvalue weighted by Gasteiger charge is -2.34. The molecular formula is C31H37ClFN3O4S. The maximum Gasteiger partial charge on any atom is 0.264 e. The molecule has 7 nitrogen and oxygen atoms in total. The molecule has 0 aromatic heterocycles. The predicted octanol–water partition coefficient (Wildman–Crippen LogP) is 6.01. The van der Waals surface area contributed by atoms with Gasteiger partial charge in [0.15, 0.2) is 0 Å². The molecule has 0 unspecified atom stereocenters. The second-order valence-corrected chi connectivity index (χ2v) is 12.4. The van der Waals surface area contributed by atoms with Crippen molar-refractivity contribution in [3.05, 3.63) is 94.3 Å². The van der Waals surface area contributed by atoms with Crippen LogP contribution < -0.4 is 9.62 Å². The van der Waals surface area contributed by atoms with Crippen LogP contribution in [0.1, 0.15) is 50.3 Å². The molecule has 3 aromatic carbocycles. The topological polar surface area (TPSA) is 86.8 Å². The van der Waals surface area contributed by atoms with Gasteiger partial charge < -0.3 is 10.2 Å². The van der Waals surface area contributed by atoms with E-state index < -0.39 is 34.3 Å². The Morgan fingerprint density at radius 3 is 2.15 bits per heavy atom. The molecule has 2 amide bonds. The van der Waals surface area contributed by atoms with Gasteiger partial charge in [-0.1, -0.05) is 55.3 Å². The van der Waals surface area contributed by atoms with E-state index in [1.165, 1.54) is 29.2 Å². The number of rotatable bonds is 12. The van der Waals surface area contributed by atoms with Gasteiger partial charge in [-0.25, -0.2) is 12.8 Å². The lowest BCUT2D eigenvalue weighted by Crippen LogP contribution is -2.53. The minimum absolute atomic E-state index is 0.0104. The fourth-order valence-electron chi connectivity index (χ4n) is 4.40. The van der Waals surface area contributed by atoms with Crippen LogP contribution in [0.3, 0.4) is 0 Å². The zero-order chi connectivity index (χ0) is 30.3. The van der Waals surface area contributed by atoms with Gasteiger partial charge in [0, 0.05) is 17.6 Å². The molecular weight excluding hydrogens is 565 g/mol. The maximum absolute atomic E-state index is 14.1. The average Bonchev–Trinajstić information content (AvgIpc) is 2.93. The van der Waals surface area contributed by atoms with Gasteiger partial charge in [-0.05, 0) is 87.2 Å². The highest BCUT2D eigenvalue weighted by Gasteiger charge is 2.34. The smallest absolute Gasteiger partial charge is 0.264 e. The lowest BCUT2D eigenvalue weighted by atomic mass is 10.1. The van der Waals surface area contributed by atoms with Crippen LogP contribution in [0.5, 0.6) is 0 Å². The van der Waals surface area contributed by atoms with Crippen molar-refractivity contribution in [2.75, 3.05) is 10.8 Å². The SMILES string of the molecule is CC[C@@H](C)NC(=O)[C@H](CC)N(Cc1ccc(F)cc1)C(=O)CN(c1ccc(Cl)cc1C)S(=O)(=O)c1ccc(C)cc1. The highest BCUT2D eigenvalue weighted by molar-refractivity contribution is 7.92. The minimum atomic E-state index is -4.20. The number of benzene rings is 3. The number of carbonyl (C=O) groups is 2. The molecule has 10 heteroatoms. The van der Waals surface area contributed by atoms with Crippen LogP contribution in [-0.2, 0) is 26.2 Å². The summed E-state index contributed by atoms with van der Waals surface area (Å²) in [5.74, 6) is -1.35. The van der Waals surface area contributed by atoms with Gasteiger partial charge in [-0.3, -0.25) is 13.9 Å². The third kappa shape index (κ3) is 8.07. The van der Waals surface area contributed by atoms with Crippen LogP contribution in [0.2, 0.25) is 5.02 Å². The summed E-state index contributed by atoms with van der Waals surface area (Å²) in [6, 6.07) is 15.8. The molecule has 2 atom stereocenters. The Labute approximate surface area is 247 Å². The first-order valence-corrected chi connectivity index (χ1v) is 15.4. The summed E-state index contributed by atoms with van der Waals surface area (Å²) in [5.41, 5.74) is 2.35. The molecule has 0 spiro atoms. The van der Waals surface area contributed by atoms with Crippen molar-refractivity contribution < 1.29 is 22.4 Å². The van der Waals surface area contributed by atoms with Gasteiger partial charge in [-0.15, -0.1) is 0 Å². The summed E-state index contributed by atoms with van der Waals surface area (Å²) in [4.78, 5) is 28.8. The van der Waals surface area contributed by atoms with Crippen LogP contribution in [0, 0.1) is 19.7 Å². The van der Waals surface area contributed by atoms with Crippen LogP contribution in [0.25, 0.3) is 0 Å². The number of nitrogens with zero attached hydrogens (tertiary/aromatic N) is 2. The molecule has 0 aliphatic carbocycles. The van der Waals surface area contributed by atoms with Gasteiger partial charge in [0.1, 0.15) is 18.4 Å². The number of halogens is 2. The molecule has 0 saturated heterocycles. The fourth-order valence-corrected chi connectivity index (χ4v) is 6.10. The predicted molar refractivity (Wildman–Crippen MR) is 161 cm³/mol. The van der Waals surface area contributed by atoms with Crippen molar-refractivity contribution in [2.24, 2.45) is 0 Å². The first-order valence-electron chi connectivity index (χ1n) is 13.6. The third-order valence-corrected chi connectivity index (χ3v) is 8.98. The molecule has 3 rings (SSSR count). The van der Waals surface area contributed by atoms with E-state index in [9.17, 15) is 22.4 Å². The van der Waals surface area contributed by atoms with E-state index >= 15 is 0 Å². The Kier molecular flexibility index (Phi) is 10.9. The van der Waals surface area contributed by atoms with Crippen LogP contribution in [0.15, 0.2) is 71.6 Å². The average molecular weight is 602 g/mol. The number of hydrogen-bond acceptors (Lipinski definition) is 4. The lowest BCUT2D eigenvalue weighted by molar-refractivity contribution is -0.140. The molecule has 41 heavy (non-hydrogen) atoms. The number of hydrogen-bond donors (Lipinski definition) is 1. The number of amides is 2. The summed E-state index contributed by atoms with van der Waals surface area (Å²) in [7, 11) is -4.20. The van der Waals surface area contributed by atoms with Crippen LogP contribution in [0.4, 0.5) is 10.1 Å². The summed E-state index contributed by atoms with van der Waals surface area (Å²) in [6.07, 6.45) is 0.992. The molecule has 0 aliphatic heterocycles. The number of nitrogens with one attached hydrogen (secondary N) is 1. The summed E-state index contributed by atoms with van der Waals surface area (Å²) in [5, 5.41) is 3.36. The van der Waals surface area contributed by atoms with Crippen molar-refractivity contribution in [3.63, 3.8) is 0 Å². The summed E-state index contributed by atoms with van der Waals surface area (Å²) < 4.78 is 42.7. The third-order valence-electron chi connectivity index (χ3n) is 6.97. The monoisotopic (exact) mass is 601 g/mol. The molecule has 0 saturated carbocycles. The largest absolute Gasteiger partial charge is 0.352 e. The highest BCUT2D eigenvalue weighted by atomic mass is 35.5. The van der Waals surface area contributed by atoms with Gasteiger partial charge in [-0.2, -0.15) is 0 Å². The van der Waals surface area contributed by atoms with Crippen molar-refractivity contribution in [1.82, 2.24) is 10.2 Å². The van der Waals surface area contributed by atoms with E-state index in [2.05, 4.69) is 5.32 Å². The molecule has 0 aliphatic rings. The zero-order valence-electron chi connectivity index (χ0n) is 24.0. The van der Waals surface area contributed by atoms with Gasteiger partial charge in [0.05, 0.1) is 10.6 Å². The zero-order valence-corrected chi connectivity index (χ0v) is 25.6. The molecule has 0 radical (unpaired) electrons. The quantitative estimate of drug-likeness (QED) is 0.275. The van der Waals surface area contributed by atoms with Gasteiger partial charge >= 0.3 is 0 Å². The van der Waals surface area contributed by atoms with E-state index in [1.807, 2.05) is 20.8 Å². The van der Waals surface area contributed by atoms with Gasteiger partial charge in [0.25, 0.3) is 10.0 Å². The Hall–Kier alpha value is -3.43. The second-order valence-electron chi connectivity index (χ2n) is 10.1. The summed E-state index contributed by atoms with van der Waals surface area (Å²) in [6.45, 7) is 8.59. The van der Waals surface area contributed by atoms with Crippen LogP contribution >= 0.6 is 11.6 Å². The molecule has 1 N–H and O–H groups in total. The van der Waals surface area contributed by atoms with E-state index in [0.29, 0.717) is 34.7 Å². The number of carbonyl (C=O) groups excluding carboxylic acids is 2. The first-order chi connectivity index (χ1) is 19.4. The molecule has 0 fully saturated rings. The Balaban J connectivity index is 2.09.